The fourth-order valence-corrected chi connectivity index (χ4v) is 3.76. The van der Waals surface area contributed by atoms with E-state index >= 15 is 0 Å². The standard InChI is InChI=1S/C15H29NO2S/c1-2-3-4-5-6-7-8-9-10-14-16-13(15(17)18)11-12-19-14/h13-14,16H,2-12H2,1H3,(H,17,18)/t13-,14-/m1/s1. The minimum Gasteiger partial charge on any atom is -0.480 e. The largest absolute Gasteiger partial charge is 0.480 e. The second-order valence-electron chi connectivity index (χ2n) is 5.47. The van der Waals surface area contributed by atoms with Crippen molar-refractivity contribution in [2.45, 2.75) is 82.5 Å². The summed E-state index contributed by atoms with van der Waals surface area (Å²) < 4.78 is 0. The number of aliphatic carboxylic acids is 1. The van der Waals surface area contributed by atoms with Crippen molar-refractivity contribution in [3.63, 3.8) is 0 Å². The first-order chi connectivity index (χ1) is 9.24. The Balaban J connectivity index is 1.95. The first-order valence-electron chi connectivity index (χ1n) is 7.84. The molecule has 2 N–H and O–H groups in total. The molecule has 1 aliphatic heterocycles. The van der Waals surface area contributed by atoms with Gasteiger partial charge in [-0.1, -0.05) is 58.3 Å². The third-order valence-corrected chi connectivity index (χ3v) is 4.98. The molecule has 0 aliphatic carbocycles. The number of carboxylic acid groups (broad SMARTS) is 1. The zero-order valence-corrected chi connectivity index (χ0v) is 13.0. The SMILES string of the molecule is CCCCCCCCCC[C@@H]1N[C@@H](C(=O)O)CCS1. The Bertz CT molecular complexity index is 248. The molecule has 3 nitrogen and oxygen atoms in total. The highest BCUT2D eigenvalue weighted by Gasteiger charge is 2.25. The van der Waals surface area contributed by atoms with E-state index in [0.717, 1.165) is 18.6 Å². The second kappa shape index (κ2) is 10.6. The average Bonchev–Trinajstić information content (AvgIpc) is 2.42. The Hall–Kier alpha value is -0.220. The third kappa shape index (κ3) is 7.83. The number of thioether (sulfide) groups is 1. The fraction of sp³-hybridized carbons (Fsp3) is 0.933. The second-order valence-corrected chi connectivity index (χ2v) is 6.78. The van der Waals surface area contributed by atoms with Crippen LogP contribution in [-0.2, 0) is 4.79 Å². The summed E-state index contributed by atoms with van der Waals surface area (Å²) in [5.41, 5.74) is 0. The molecular formula is C15H29NO2S. The highest BCUT2D eigenvalue weighted by atomic mass is 32.2. The van der Waals surface area contributed by atoms with Gasteiger partial charge in [0, 0.05) is 0 Å². The Morgan fingerprint density at radius 1 is 1.16 bits per heavy atom. The molecule has 0 bridgehead atoms. The van der Waals surface area contributed by atoms with E-state index in [-0.39, 0.29) is 6.04 Å². The summed E-state index contributed by atoms with van der Waals surface area (Å²) in [6.45, 7) is 2.25. The van der Waals surface area contributed by atoms with Crippen molar-refractivity contribution in [3.8, 4) is 0 Å². The quantitative estimate of drug-likeness (QED) is 0.596. The molecule has 0 aromatic heterocycles. The van der Waals surface area contributed by atoms with Crippen molar-refractivity contribution in [1.29, 1.82) is 0 Å². The first-order valence-corrected chi connectivity index (χ1v) is 8.89. The zero-order chi connectivity index (χ0) is 13.9. The predicted molar refractivity (Wildman–Crippen MR) is 82.6 cm³/mol. The number of nitrogens with one attached hydrogen (secondary N) is 1. The van der Waals surface area contributed by atoms with Crippen molar-refractivity contribution in [2.24, 2.45) is 0 Å². The number of rotatable bonds is 10. The van der Waals surface area contributed by atoms with Gasteiger partial charge in [-0.3, -0.25) is 10.1 Å². The molecule has 0 spiro atoms. The number of unbranched alkanes of at least 4 members (excludes halogenated alkanes) is 7. The van der Waals surface area contributed by atoms with E-state index in [4.69, 9.17) is 5.11 Å². The predicted octanol–water partition coefficient (Wildman–Crippen LogP) is 4.02. The van der Waals surface area contributed by atoms with Crippen molar-refractivity contribution in [1.82, 2.24) is 5.32 Å². The minimum atomic E-state index is -0.693. The maximum absolute atomic E-state index is 10.9. The maximum Gasteiger partial charge on any atom is 0.320 e. The van der Waals surface area contributed by atoms with Gasteiger partial charge < -0.3 is 5.11 Å². The zero-order valence-electron chi connectivity index (χ0n) is 12.2. The normalized spacial score (nSPS) is 23.4. The Labute approximate surface area is 121 Å². The molecule has 0 radical (unpaired) electrons. The smallest absolute Gasteiger partial charge is 0.320 e. The summed E-state index contributed by atoms with van der Waals surface area (Å²) >= 11 is 1.88. The first kappa shape index (κ1) is 16.8. The molecule has 1 heterocycles. The van der Waals surface area contributed by atoms with Gasteiger partial charge in [-0.2, -0.15) is 0 Å². The molecule has 0 aromatic carbocycles. The molecule has 0 unspecified atom stereocenters. The highest BCUT2D eigenvalue weighted by Crippen LogP contribution is 2.23. The van der Waals surface area contributed by atoms with E-state index in [9.17, 15) is 4.79 Å². The van der Waals surface area contributed by atoms with E-state index < -0.39 is 5.97 Å². The average molecular weight is 287 g/mol. The summed E-state index contributed by atoms with van der Waals surface area (Å²) in [5.74, 6) is 0.285. The lowest BCUT2D eigenvalue weighted by Gasteiger charge is -2.28. The van der Waals surface area contributed by atoms with Crippen molar-refractivity contribution >= 4 is 17.7 Å². The van der Waals surface area contributed by atoms with Gasteiger partial charge in [0.15, 0.2) is 0 Å². The van der Waals surface area contributed by atoms with Gasteiger partial charge in [0.05, 0.1) is 5.37 Å². The summed E-state index contributed by atoms with van der Waals surface area (Å²) in [6.07, 6.45) is 12.5. The van der Waals surface area contributed by atoms with Crippen LogP contribution < -0.4 is 5.32 Å². The van der Waals surface area contributed by atoms with Crippen LogP contribution in [0.3, 0.4) is 0 Å². The van der Waals surface area contributed by atoms with Gasteiger partial charge >= 0.3 is 5.97 Å². The van der Waals surface area contributed by atoms with E-state index in [1.54, 1.807) is 0 Å². The maximum atomic E-state index is 10.9. The van der Waals surface area contributed by atoms with E-state index in [1.807, 2.05) is 11.8 Å². The lowest BCUT2D eigenvalue weighted by atomic mass is 10.1. The summed E-state index contributed by atoms with van der Waals surface area (Å²) in [4.78, 5) is 10.9. The number of carbonyl (C=O) groups is 1. The molecule has 0 aromatic rings. The third-order valence-electron chi connectivity index (χ3n) is 3.73. The van der Waals surface area contributed by atoms with Crippen LogP contribution in [0.1, 0.15) is 71.1 Å². The fourth-order valence-electron chi connectivity index (χ4n) is 2.51. The van der Waals surface area contributed by atoms with E-state index in [1.165, 1.54) is 51.4 Å². The Morgan fingerprint density at radius 2 is 1.79 bits per heavy atom. The molecule has 19 heavy (non-hydrogen) atoms. The van der Waals surface area contributed by atoms with Crippen LogP contribution in [0.4, 0.5) is 0 Å². The van der Waals surface area contributed by atoms with Crippen LogP contribution >= 0.6 is 11.8 Å². The molecule has 2 atom stereocenters. The molecule has 112 valence electrons. The topological polar surface area (TPSA) is 49.3 Å². The molecule has 0 saturated carbocycles. The Kier molecular flexibility index (Phi) is 9.35. The molecular weight excluding hydrogens is 258 g/mol. The monoisotopic (exact) mass is 287 g/mol. The lowest BCUT2D eigenvalue weighted by molar-refractivity contribution is -0.139. The van der Waals surface area contributed by atoms with E-state index in [0.29, 0.717) is 5.37 Å². The molecule has 1 aliphatic rings. The van der Waals surface area contributed by atoms with Gasteiger partial charge in [0.25, 0.3) is 0 Å². The van der Waals surface area contributed by atoms with Gasteiger partial charge in [-0.05, 0) is 18.6 Å². The Morgan fingerprint density at radius 3 is 2.42 bits per heavy atom. The van der Waals surface area contributed by atoms with Gasteiger partial charge in [0.2, 0.25) is 0 Å². The van der Waals surface area contributed by atoms with Crippen LogP contribution in [0.5, 0.6) is 0 Å². The molecule has 0 amide bonds. The van der Waals surface area contributed by atoms with E-state index in [2.05, 4.69) is 12.2 Å². The van der Waals surface area contributed by atoms with Crippen LogP contribution in [0, 0.1) is 0 Å². The summed E-state index contributed by atoms with van der Waals surface area (Å²) in [7, 11) is 0. The van der Waals surface area contributed by atoms with Crippen LogP contribution in [0.25, 0.3) is 0 Å². The summed E-state index contributed by atoms with van der Waals surface area (Å²) in [5, 5.41) is 12.6. The van der Waals surface area contributed by atoms with Crippen LogP contribution in [-0.4, -0.2) is 28.2 Å². The van der Waals surface area contributed by atoms with Crippen molar-refractivity contribution < 1.29 is 9.90 Å². The molecule has 1 fully saturated rings. The van der Waals surface area contributed by atoms with Crippen LogP contribution in [0.2, 0.25) is 0 Å². The van der Waals surface area contributed by atoms with Crippen LogP contribution in [0.15, 0.2) is 0 Å². The highest BCUT2D eigenvalue weighted by molar-refractivity contribution is 7.99. The molecule has 1 saturated heterocycles. The molecule has 4 heteroatoms. The number of hydrogen-bond donors (Lipinski definition) is 2. The lowest BCUT2D eigenvalue weighted by Crippen LogP contribution is -2.45. The minimum absolute atomic E-state index is 0.319. The van der Waals surface area contributed by atoms with Crippen molar-refractivity contribution in [2.75, 3.05) is 5.75 Å². The van der Waals surface area contributed by atoms with Crippen molar-refractivity contribution in [3.05, 3.63) is 0 Å². The number of carboxylic acids is 1. The summed E-state index contributed by atoms with van der Waals surface area (Å²) in [6, 6.07) is -0.319. The number of hydrogen-bond acceptors (Lipinski definition) is 3. The molecule has 1 rings (SSSR count). The van der Waals surface area contributed by atoms with Gasteiger partial charge in [-0.25, -0.2) is 0 Å². The van der Waals surface area contributed by atoms with Gasteiger partial charge in [0.1, 0.15) is 6.04 Å². The van der Waals surface area contributed by atoms with Gasteiger partial charge in [-0.15, -0.1) is 11.8 Å².